The van der Waals surface area contributed by atoms with Gasteiger partial charge in [-0.05, 0) is 37.2 Å². The van der Waals surface area contributed by atoms with Crippen molar-refractivity contribution in [2.24, 2.45) is 0 Å². The van der Waals surface area contributed by atoms with E-state index in [0.29, 0.717) is 5.02 Å². The molecule has 0 spiro atoms. The Labute approximate surface area is 77.2 Å². The lowest BCUT2D eigenvalue weighted by Gasteiger charge is -2.06. The minimum atomic E-state index is 0.147. The average molecular weight is 186 g/mol. The molecule has 0 amide bonds. The maximum Gasteiger partial charge on any atom is 0.134 e. The van der Waals surface area contributed by atoms with Gasteiger partial charge in [0.2, 0.25) is 0 Å². The Morgan fingerprint density at radius 3 is 2.75 bits per heavy atom. The highest BCUT2D eigenvalue weighted by molar-refractivity contribution is 6.32. The Morgan fingerprint density at radius 1 is 1.50 bits per heavy atom. The van der Waals surface area contributed by atoms with E-state index in [4.69, 9.17) is 11.6 Å². The summed E-state index contributed by atoms with van der Waals surface area (Å²) in [4.78, 5) is 0. The van der Waals surface area contributed by atoms with Crippen molar-refractivity contribution in [2.45, 2.75) is 13.5 Å². The minimum Gasteiger partial charge on any atom is -0.506 e. The molecule has 0 aliphatic rings. The van der Waals surface area contributed by atoms with Gasteiger partial charge in [-0.1, -0.05) is 11.6 Å². The summed E-state index contributed by atoms with van der Waals surface area (Å²) in [7, 11) is 1.88. The number of nitrogens with one attached hydrogen (secondary N) is 1. The summed E-state index contributed by atoms with van der Waals surface area (Å²) in [6, 6.07) is 3.46. The summed E-state index contributed by atoms with van der Waals surface area (Å²) < 4.78 is 0. The van der Waals surface area contributed by atoms with Crippen LogP contribution in [0.2, 0.25) is 5.02 Å². The van der Waals surface area contributed by atoms with Gasteiger partial charge in [0.1, 0.15) is 5.75 Å². The van der Waals surface area contributed by atoms with Gasteiger partial charge in [-0.3, -0.25) is 0 Å². The molecule has 0 atom stereocenters. The van der Waals surface area contributed by atoms with Gasteiger partial charge in [0.15, 0.2) is 0 Å². The summed E-state index contributed by atoms with van der Waals surface area (Å²) in [5, 5.41) is 12.7. The van der Waals surface area contributed by atoms with E-state index in [0.717, 1.165) is 17.7 Å². The van der Waals surface area contributed by atoms with Crippen molar-refractivity contribution < 1.29 is 5.11 Å². The molecule has 0 aliphatic carbocycles. The average Bonchev–Trinajstić information content (AvgIpc) is 2.01. The van der Waals surface area contributed by atoms with Crippen LogP contribution in [0, 0.1) is 6.92 Å². The second-order valence-electron chi connectivity index (χ2n) is 2.76. The summed E-state index contributed by atoms with van der Waals surface area (Å²) in [6.45, 7) is 2.72. The number of halogens is 1. The number of hydrogen-bond acceptors (Lipinski definition) is 2. The van der Waals surface area contributed by atoms with Gasteiger partial charge >= 0.3 is 0 Å². The number of phenols is 1. The largest absolute Gasteiger partial charge is 0.506 e. The highest BCUT2D eigenvalue weighted by atomic mass is 35.5. The van der Waals surface area contributed by atoms with Crippen LogP contribution in [0.1, 0.15) is 11.1 Å². The van der Waals surface area contributed by atoms with Crippen LogP contribution in [-0.4, -0.2) is 12.2 Å². The summed E-state index contributed by atoms with van der Waals surface area (Å²) in [5.74, 6) is 0.147. The maximum atomic E-state index is 9.24. The monoisotopic (exact) mass is 185 g/mol. The van der Waals surface area contributed by atoms with Crippen molar-refractivity contribution in [2.75, 3.05) is 7.05 Å². The van der Waals surface area contributed by atoms with E-state index in [1.54, 1.807) is 12.1 Å². The van der Waals surface area contributed by atoms with Crippen LogP contribution in [0.4, 0.5) is 0 Å². The van der Waals surface area contributed by atoms with Gasteiger partial charge in [-0.15, -0.1) is 0 Å². The fourth-order valence-electron chi connectivity index (χ4n) is 1.09. The SMILES string of the molecule is CNCc1cc(Cl)c(O)cc1C. The fourth-order valence-corrected chi connectivity index (χ4v) is 1.27. The Bertz CT molecular complexity index is 286. The number of benzene rings is 1. The first-order valence-corrected chi connectivity index (χ1v) is 4.15. The van der Waals surface area contributed by atoms with E-state index >= 15 is 0 Å². The molecule has 0 radical (unpaired) electrons. The number of phenolic OH excluding ortho intramolecular Hbond substituents is 1. The van der Waals surface area contributed by atoms with Crippen LogP contribution in [-0.2, 0) is 6.54 Å². The van der Waals surface area contributed by atoms with E-state index in [1.165, 1.54) is 0 Å². The first-order chi connectivity index (χ1) is 5.65. The lowest BCUT2D eigenvalue weighted by molar-refractivity contribution is 0.475. The first-order valence-electron chi connectivity index (χ1n) is 3.77. The van der Waals surface area contributed by atoms with Gasteiger partial charge in [0.25, 0.3) is 0 Å². The zero-order valence-electron chi connectivity index (χ0n) is 7.19. The lowest BCUT2D eigenvalue weighted by atomic mass is 10.1. The summed E-state index contributed by atoms with van der Waals surface area (Å²) >= 11 is 5.74. The summed E-state index contributed by atoms with van der Waals surface area (Å²) in [6.07, 6.45) is 0. The van der Waals surface area contributed by atoms with Crippen LogP contribution in [0.15, 0.2) is 12.1 Å². The predicted molar refractivity (Wildman–Crippen MR) is 50.6 cm³/mol. The van der Waals surface area contributed by atoms with Crippen LogP contribution in [0.3, 0.4) is 0 Å². The molecule has 0 heterocycles. The van der Waals surface area contributed by atoms with Crippen LogP contribution in [0.5, 0.6) is 5.75 Å². The normalized spacial score (nSPS) is 10.2. The first kappa shape index (κ1) is 9.36. The smallest absolute Gasteiger partial charge is 0.134 e. The molecule has 0 saturated carbocycles. The van der Waals surface area contributed by atoms with Crippen molar-refractivity contribution in [1.29, 1.82) is 0 Å². The second kappa shape index (κ2) is 3.78. The summed E-state index contributed by atoms with van der Waals surface area (Å²) in [5.41, 5.74) is 2.16. The third kappa shape index (κ3) is 1.90. The molecule has 0 aliphatic heterocycles. The Kier molecular flexibility index (Phi) is 2.95. The number of aryl methyl sites for hydroxylation is 1. The standard InChI is InChI=1S/C9H12ClNO/c1-6-3-9(12)8(10)4-7(6)5-11-2/h3-4,11-12H,5H2,1-2H3. The highest BCUT2D eigenvalue weighted by Gasteiger charge is 2.03. The molecule has 2 N–H and O–H groups in total. The van der Waals surface area contributed by atoms with Crippen LogP contribution in [0.25, 0.3) is 0 Å². The highest BCUT2D eigenvalue weighted by Crippen LogP contribution is 2.26. The molecule has 3 heteroatoms. The molecule has 1 aromatic rings. The molecule has 0 unspecified atom stereocenters. The third-order valence-corrected chi connectivity index (χ3v) is 2.08. The zero-order chi connectivity index (χ0) is 9.14. The second-order valence-corrected chi connectivity index (χ2v) is 3.17. The number of aromatic hydroxyl groups is 1. The quantitative estimate of drug-likeness (QED) is 0.740. The van der Waals surface area contributed by atoms with E-state index in [2.05, 4.69) is 5.32 Å². The molecule has 1 rings (SSSR count). The molecule has 66 valence electrons. The number of rotatable bonds is 2. The van der Waals surface area contributed by atoms with Crippen LogP contribution < -0.4 is 5.32 Å². The minimum absolute atomic E-state index is 0.147. The van der Waals surface area contributed by atoms with E-state index in [1.807, 2.05) is 14.0 Å². The molecular weight excluding hydrogens is 174 g/mol. The van der Waals surface area contributed by atoms with Gasteiger partial charge in [-0.2, -0.15) is 0 Å². The van der Waals surface area contributed by atoms with E-state index in [-0.39, 0.29) is 5.75 Å². The fraction of sp³-hybridized carbons (Fsp3) is 0.333. The maximum absolute atomic E-state index is 9.24. The Hall–Kier alpha value is -0.730. The Morgan fingerprint density at radius 2 is 2.17 bits per heavy atom. The predicted octanol–water partition coefficient (Wildman–Crippen LogP) is 2.07. The van der Waals surface area contributed by atoms with Crippen molar-refractivity contribution in [3.05, 3.63) is 28.3 Å². The molecule has 1 aromatic carbocycles. The molecule has 12 heavy (non-hydrogen) atoms. The van der Waals surface area contributed by atoms with Crippen molar-refractivity contribution >= 4 is 11.6 Å². The molecule has 0 aromatic heterocycles. The molecule has 0 saturated heterocycles. The van der Waals surface area contributed by atoms with E-state index in [9.17, 15) is 5.11 Å². The van der Waals surface area contributed by atoms with Crippen molar-refractivity contribution in [3.8, 4) is 5.75 Å². The lowest BCUT2D eigenvalue weighted by Crippen LogP contribution is -2.06. The van der Waals surface area contributed by atoms with Crippen molar-refractivity contribution in [1.82, 2.24) is 5.32 Å². The topological polar surface area (TPSA) is 32.3 Å². The van der Waals surface area contributed by atoms with Crippen LogP contribution >= 0.6 is 11.6 Å². The van der Waals surface area contributed by atoms with Gasteiger partial charge in [0.05, 0.1) is 5.02 Å². The Balaban J connectivity index is 3.05. The van der Waals surface area contributed by atoms with Gasteiger partial charge in [-0.25, -0.2) is 0 Å². The zero-order valence-corrected chi connectivity index (χ0v) is 7.94. The molecular formula is C9H12ClNO. The van der Waals surface area contributed by atoms with E-state index < -0.39 is 0 Å². The number of hydrogen-bond donors (Lipinski definition) is 2. The van der Waals surface area contributed by atoms with Crippen molar-refractivity contribution in [3.63, 3.8) is 0 Å². The molecule has 0 fully saturated rings. The van der Waals surface area contributed by atoms with Gasteiger partial charge in [0, 0.05) is 6.54 Å². The van der Waals surface area contributed by atoms with Gasteiger partial charge < -0.3 is 10.4 Å². The third-order valence-electron chi connectivity index (χ3n) is 1.77. The molecule has 2 nitrogen and oxygen atoms in total. The molecule has 0 bridgehead atoms.